The molecule has 0 N–H and O–H groups in total. The molecule has 1 aliphatic heterocycles. The highest BCUT2D eigenvalue weighted by atomic mass is 19.1. The highest BCUT2D eigenvalue weighted by molar-refractivity contribution is 5.90. The van der Waals surface area contributed by atoms with Gasteiger partial charge < -0.3 is 9.64 Å². The molecular weight excluding hydrogens is 299 g/mol. The molecule has 1 fully saturated rings. The maximum Gasteiger partial charge on any atom is 0.293 e. The average Bonchev–Trinajstić information content (AvgIpc) is 2.88. The highest BCUT2D eigenvalue weighted by Gasteiger charge is 2.29. The quantitative estimate of drug-likeness (QED) is 0.849. The van der Waals surface area contributed by atoms with Crippen LogP contribution in [0.1, 0.15) is 30.3 Å². The molecule has 2 heterocycles. The summed E-state index contributed by atoms with van der Waals surface area (Å²) in [6.45, 7) is 6.68. The van der Waals surface area contributed by atoms with Crippen LogP contribution >= 0.6 is 0 Å². The summed E-state index contributed by atoms with van der Waals surface area (Å²) in [5.74, 6) is 0.192. The van der Waals surface area contributed by atoms with Gasteiger partial charge in [0.05, 0.1) is 17.9 Å². The normalized spacial score (nSPS) is 21.5. The molecule has 1 aromatic heterocycles. The molecule has 7 heteroatoms. The molecule has 0 spiro atoms. The van der Waals surface area contributed by atoms with Crippen LogP contribution in [0.25, 0.3) is 5.69 Å². The van der Waals surface area contributed by atoms with Crippen LogP contribution in [0.5, 0.6) is 0 Å². The van der Waals surface area contributed by atoms with Crippen molar-refractivity contribution in [2.45, 2.75) is 33.0 Å². The first-order valence-electron chi connectivity index (χ1n) is 7.58. The zero-order chi connectivity index (χ0) is 16.6. The molecular formula is C16H19FN4O2. The van der Waals surface area contributed by atoms with E-state index in [1.165, 1.54) is 12.1 Å². The number of rotatable bonds is 2. The molecule has 0 bridgehead atoms. The minimum atomic E-state index is -0.320. The van der Waals surface area contributed by atoms with Gasteiger partial charge in [-0.3, -0.25) is 4.79 Å². The van der Waals surface area contributed by atoms with Gasteiger partial charge in [-0.25, -0.2) is 14.1 Å². The summed E-state index contributed by atoms with van der Waals surface area (Å²) >= 11 is 0. The van der Waals surface area contributed by atoms with Crippen molar-refractivity contribution in [2.75, 3.05) is 13.1 Å². The topological polar surface area (TPSA) is 60.3 Å². The first-order chi connectivity index (χ1) is 10.9. The Morgan fingerprint density at radius 3 is 2.43 bits per heavy atom. The number of aromatic nitrogens is 3. The lowest BCUT2D eigenvalue weighted by Gasteiger charge is -2.34. The van der Waals surface area contributed by atoms with Crippen molar-refractivity contribution in [3.8, 4) is 5.69 Å². The molecule has 1 aliphatic rings. The van der Waals surface area contributed by atoms with Gasteiger partial charge in [0, 0.05) is 13.1 Å². The Morgan fingerprint density at radius 2 is 1.83 bits per heavy atom. The van der Waals surface area contributed by atoms with Gasteiger partial charge in [0.15, 0.2) is 0 Å². The number of benzene rings is 1. The van der Waals surface area contributed by atoms with E-state index in [-0.39, 0.29) is 29.8 Å². The molecule has 0 aliphatic carbocycles. The fraction of sp³-hybridized carbons (Fsp3) is 0.438. The lowest BCUT2D eigenvalue weighted by molar-refractivity contribution is -0.0588. The van der Waals surface area contributed by atoms with Crippen LogP contribution in [0, 0.1) is 12.7 Å². The number of carbonyl (C=O) groups is 1. The molecule has 1 aromatic carbocycles. The first kappa shape index (κ1) is 15.6. The summed E-state index contributed by atoms with van der Waals surface area (Å²) in [6, 6.07) is 5.90. The second-order valence-corrected chi connectivity index (χ2v) is 5.84. The number of nitrogens with zero attached hydrogens (tertiary/aromatic N) is 4. The Morgan fingerprint density at radius 1 is 1.22 bits per heavy atom. The number of morpholine rings is 1. The van der Waals surface area contributed by atoms with Gasteiger partial charge in [0.1, 0.15) is 11.6 Å². The number of carbonyl (C=O) groups excluding carboxylic acids is 1. The molecule has 0 unspecified atom stereocenters. The predicted octanol–water partition coefficient (Wildman–Crippen LogP) is 1.96. The molecule has 122 valence electrons. The number of aryl methyl sites for hydroxylation is 1. The van der Waals surface area contributed by atoms with Crippen molar-refractivity contribution in [2.24, 2.45) is 0 Å². The van der Waals surface area contributed by atoms with Crippen LogP contribution in [0.15, 0.2) is 24.3 Å². The molecule has 2 atom stereocenters. The predicted molar refractivity (Wildman–Crippen MR) is 82.0 cm³/mol. The second-order valence-electron chi connectivity index (χ2n) is 5.84. The molecule has 0 saturated carbocycles. The Labute approximate surface area is 133 Å². The van der Waals surface area contributed by atoms with Crippen LogP contribution in [-0.2, 0) is 4.74 Å². The first-order valence-corrected chi connectivity index (χ1v) is 7.58. The van der Waals surface area contributed by atoms with E-state index >= 15 is 0 Å². The minimum absolute atomic E-state index is 0.0111. The summed E-state index contributed by atoms with van der Waals surface area (Å²) in [7, 11) is 0. The van der Waals surface area contributed by atoms with Gasteiger partial charge in [-0.15, -0.1) is 5.10 Å². The van der Waals surface area contributed by atoms with Gasteiger partial charge in [-0.1, -0.05) is 0 Å². The monoisotopic (exact) mass is 318 g/mol. The largest absolute Gasteiger partial charge is 0.372 e. The highest BCUT2D eigenvalue weighted by Crippen LogP contribution is 2.15. The van der Waals surface area contributed by atoms with Gasteiger partial charge in [-0.2, -0.15) is 0 Å². The standard InChI is InChI=1S/C16H19FN4O2/c1-10-8-20(9-11(2)23-10)16(22)15-18-12(3)21(19-15)14-6-4-13(17)5-7-14/h4-7,10-11H,8-9H2,1-3H3/t10-,11+. The van der Waals surface area contributed by atoms with Gasteiger partial charge >= 0.3 is 0 Å². The van der Waals surface area contributed by atoms with Crippen molar-refractivity contribution >= 4 is 5.91 Å². The van der Waals surface area contributed by atoms with E-state index < -0.39 is 0 Å². The summed E-state index contributed by atoms with van der Waals surface area (Å²) in [4.78, 5) is 18.6. The van der Waals surface area contributed by atoms with Crippen molar-refractivity contribution in [1.82, 2.24) is 19.7 Å². The Hall–Kier alpha value is -2.28. The molecule has 2 aromatic rings. The van der Waals surface area contributed by atoms with Gasteiger partial charge in [-0.05, 0) is 45.0 Å². The van der Waals surface area contributed by atoms with Crippen molar-refractivity contribution in [1.29, 1.82) is 0 Å². The van der Waals surface area contributed by atoms with Crippen LogP contribution in [-0.4, -0.2) is 50.9 Å². The number of ether oxygens (including phenoxy) is 1. The Kier molecular flexibility index (Phi) is 4.12. The smallest absolute Gasteiger partial charge is 0.293 e. The number of hydrogen-bond acceptors (Lipinski definition) is 4. The van der Waals surface area contributed by atoms with E-state index in [0.717, 1.165) is 0 Å². The molecule has 1 amide bonds. The lowest BCUT2D eigenvalue weighted by Crippen LogP contribution is -2.48. The number of hydrogen-bond donors (Lipinski definition) is 0. The SMILES string of the molecule is Cc1nc(C(=O)N2C[C@@H](C)O[C@@H](C)C2)nn1-c1ccc(F)cc1. The Bertz CT molecular complexity index is 703. The van der Waals surface area contributed by atoms with Crippen molar-refractivity contribution in [3.63, 3.8) is 0 Å². The zero-order valence-corrected chi connectivity index (χ0v) is 13.4. The summed E-state index contributed by atoms with van der Waals surface area (Å²) < 4.78 is 20.2. The summed E-state index contributed by atoms with van der Waals surface area (Å²) in [5.41, 5.74) is 0.666. The van der Waals surface area contributed by atoms with Crippen molar-refractivity contribution in [3.05, 3.63) is 41.7 Å². The van der Waals surface area contributed by atoms with Crippen LogP contribution in [0.3, 0.4) is 0 Å². The van der Waals surface area contributed by atoms with E-state index in [2.05, 4.69) is 10.1 Å². The van der Waals surface area contributed by atoms with Crippen LogP contribution in [0.4, 0.5) is 4.39 Å². The third-order valence-corrected chi connectivity index (χ3v) is 3.74. The molecule has 6 nitrogen and oxygen atoms in total. The van der Waals surface area contributed by atoms with E-state index in [9.17, 15) is 9.18 Å². The lowest BCUT2D eigenvalue weighted by atomic mass is 10.2. The summed E-state index contributed by atoms with van der Waals surface area (Å²) in [6.07, 6.45) is -0.0223. The summed E-state index contributed by atoms with van der Waals surface area (Å²) in [5, 5.41) is 4.29. The molecule has 1 saturated heterocycles. The van der Waals surface area contributed by atoms with E-state index in [4.69, 9.17) is 4.74 Å². The number of halogens is 1. The van der Waals surface area contributed by atoms with Crippen LogP contribution in [0.2, 0.25) is 0 Å². The Balaban J connectivity index is 1.85. The third-order valence-electron chi connectivity index (χ3n) is 3.74. The van der Waals surface area contributed by atoms with Crippen LogP contribution < -0.4 is 0 Å². The fourth-order valence-electron chi connectivity index (χ4n) is 2.79. The van der Waals surface area contributed by atoms with E-state index in [1.54, 1.807) is 28.6 Å². The number of amides is 1. The average molecular weight is 318 g/mol. The van der Waals surface area contributed by atoms with E-state index in [1.807, 2.05) is 13.8 Å². The second kappa shape index (κ2) is 6.08. The third kappa shape index (κ3) is 3.24. The zero-order valence-electron chi connectivity index (χ0n) is 13.4. The fourth-order valence-corrected chi connectivity index (χ4v) is 2.79. The van der Waals surface area contributed by atoms with Crippen molar-refractivity contribution < 1.29 is 13.9 Å². The molecule has 3 rings (SSSR count). The molecule has 23 heavy (non-hydrogen) atoms. The maximum atomic E-state index is 13.0. The molecule has 0 radical (unpaired) electrons. The van der Waals surface area contributed by atoms with E-state index in [0.29, 0.717) is 24.6 Å². The minimum Gasteiger partial charge on any atom is -0.372 e. The van der Waals surface area contributed by atoms with Gasteiger partial charge in [0.25, 0.3) is 5.91 Å². The maximum absolute atomic E-state index is 13.0. The van der Waals surface area contributed by atoms with Gasteiger partial charge in [0.2, 0.25) is 5.82 Å².